The molecule has 1 atom stereocenters. The molecule has 200 valence electrons. The molecule has 2 aromatic rings. The highest BCUT2D eigenvalue weighted by Crippen LogP contribution is 2.48. The minimum absolute atomic E-state index is 0.134. The van der Waals surface area contributed by atoms with Crippen LogP contribution >= 0.6 is 23.4 Å². The number of H-pyrrole nitrogens is 1. The van der Waals surface area contributed by atoms with Gasteiger partial charge in [-0.25, -0.2) is 23.4 Å². The van der Waals surface area contributed by atoms with Crippen molar-refractivity contribution in [3.63, 3.8) is 0 Å². The first-order valence-electron chi connectivity index (χ1n) is 10.5. The average Bonchev–Trinajstić information content (AvgIpc) is 3.34. The van der Waals surface area contributed by atoms with Crippen molar-refractivity contribution >= 4 is 35.3 Å². The second-order valence-electron chi connectivity index (χ2n) is 7.82. The van der Waals surface area contributed by atoms with Crippen LogP contribution in [0, 0.1) is 5.82 Å². The third kappa shape index (κ3) is 6.06. The number of aromatic nitrogens is 3. The Bertz CT molecular complexity index is 1250. The molecule has 0 aliphatic carbocycles. The number of benzene rings is 1. The fraction of sp³-hybridized carbons (Fsp3) is 0.364. The molecule has 0 spiro atoms. The van der Waals surface area contributed by atoms with E-state index in [0.717, 1.165) is 18.9 Å². The molecule has 1 aliphatic heterocycles. The monoisotopic (exact) mass is 566 g/mol. The second-order valence-corrected chi connectivity index (χ2v) is 9.19. The third-order valence-electron chi connectivity index (χ3n) is 5.09. The molecule has 15 heteroatoms. The average molecular weight is 567 g/mol. The number of nitrogens with zero attached hydrogens (tertiary/aromatic N) is 2. The smallest absolute Gasteiger partial charge is 0.418 e. The molecule has 3 rings (SSSR count). The summed E-state index contributed by atoms with van der Waals surface area (Å²) in [4.78, 5) is 30.0. The number of halogens is 6. The zero-order chi connectivity index (χ0) is 27.5. The van der Waals surface area contributed by atoms with E-state index in [0.29, 0.717) is 12.1 Å². The van der Waals surface area contributed by atoms with Gasteiger partial charge in [0.05, 0.1) is 46.6 Å². The van der Waals surface area contributed by atoms with E-state index in [4.69, 9.17) is 16.3 Å². The van der Waals surface area contributed by atoms with Crippen LogP contribution in [-0.2, 0) is 25.2 Å². The van der Waals surface area contributed by atoms with E-state index in [-0.39, 0.29) is 16.6 Å². The molecule has 0 saturated carbocycles. The number of nitrogens with one attached hydrogen (secondary N) is 2. The zero-order valence-corrected chi connectivity index (χ0v) is 21.1. The van der Waals surface area contributed by atoms with E-state index >= 15 is 4.39 Å². The maximum atomic E-state index is 15.3. The predicted molar refractivity (Wildman–Crippen MR) is 123 cm³/mol. The van der Waals surface area contributed by atoms with Gasteiger partial charge in [-0.05, 0) is 26.0 Å². The lowest BCUT2D eigenvalue weighted by atomic mass is 9.78. The van der Waals surface area contributed by atoms with E-state index < -0.39 is 75.6 Å². The highest BCUT2D eigenvalue weighted by atomic mass is 35.5. The number of hydrogen-bond acceptors (Lipinski definition) is 8. The number of carbonyl (C=O) groups is 2. The summed E-state index contributed by atoms with van der Waals surface area (Å²) in [5, 5.41) is 8.19. The van der Waals surface area contributed by atoms with Crippen molar-refractivity contribution in [2.24, 2.45) is 0 Å². The van der Waals surface area contributed by atoms with Crippen LogP contribution in [0.5, 0.6) is 0 Å². The molecule has 0 radical (unpaired) electrons. The number of aromatic amines is 1. The van der Waals surface area contributed by atoms with Gasteiger partial charge in [-0.1, -0.05) is 23.4 Å². The maximum absolute atomic E-state index is 15.3. The Morgan fingerprint density at radius 3 is 2.41 bits per heavy atom. The van der Waals surface area contributed by atoms with E-state index in [1.807, 2.05) is 0 Å². The fourth-order valence-electron chi connectivity index (χ4n) is 3.73. The van der Waals surface area contributed by atoms with Gasteiger partial charge in [0.15, 0.2) is 5.16 Å². The largest absolute Gasteiger partial charge is 0.466 e. The number of rotatable bonds is 8. The van der Waals surface area contributed by atoms with Gasteiger partial charge in [0.2, 0.25) is 0 Å². The fourth-order valence-corrected chi connectivity index (χ4v) is 4.75. The van der Waals surface area contributed by atoms with Crippen LogP contribution in [0.25, 0.3) is 0 Å². The van der Waals surface area contributed by atoms with Gasteiger partial charge in [0, 0.05) is 17.0 Å². The number of esters is 2. The molecule has 1 aromatic carbocycles. The van der Waals surface area contributed by atoms with Gasteiger partial charge in [-0.15, -0.1) is 0 Å². The van der Waals surface area contributed by atoms with Gasteiger partial charge in [0.25, 0.3) is 0 Å². The Hall–Kier alpha value is -3.13. The molecule has 0 saturated heterocycles. The van der Waals surface area contributed by atoms with Crippen LogP contribution in [-0.4, -0.2) is 52.8 Å². The topological polar surface area (TPSA) is 106 Å². The quantitative estimate of drug-likeness (QED) is 0.269. The van der Waals surface area contributed by atoms with Crippen molar-refractivity contribution in [1.82, 2.24) is 20.5 Å². The summed E-state index contributed by atoms with van der Waals surface area (Å²) in [6, 6.07) is 1.35. The minimum atomic E-state index is -5.21. The summed E-state index contributed by atoms with van der Waals surface area (Å²) >= 11 is 6.80. The molecule has 8 nitrogen and oxygen atoms in total. The van der Waals surface area contributed by atoms with Gasteiger partial charge in [-0.2, -0.15) is 18.3 Å². The first kappa shape index (κ1) is 28.4. The van der Waals surface area contributed by atoms with Crippen molar-refractivity contribution in [2.45, 2.75) is 37.2 Å². The van der Waals surface area contributed by atoms with Crippen molar-refractivity contribution in [2.75, 3.05) is 19.5 Å². The lowest BCUT2D eigenvalue weighted by molar-refractivity contribution is -0.144. The Morgan fingerprint density at radius 1 is 1.19 bits per heavy atom. The first-order chi connectivity index (χ1) is 17.4. The van der Waals surface area contributed by atoms with E-state index in [1.165, 1.54) is 20.2 Å². The zero-order valence-electron chi connectivity index (χ0n) is 19.5. The number of allylic oxidation sites excluding steroid dienone is 1. The van der Waals surface area contributed by atoms with Crippen molar-refractivity contribution < 1.29 is 41.0 Å². The number of methoxy groups -OCH3 is 1. The molecule has 0 bridgehead atoms. The molecule has 1 aromatic heterocycles. The van der Waals surface area contributed by atoms with Gasteiger partial charge >= 0.3 is 18.1 Å². The molecule has 0 fully saturated rings. The molecular weight excluding hydrogens is 547 g/mol. The second kappa shape index (κ2) is 11.5. The minimum Gasteiger partial charge on any atom is -0.466 e. The molecule has 1 aliphatic rings. The predicted octanol–water partition coefficient (Wildman–Crippen LogP) is 4.70. The molecule has 2 heterocycles. The number of carbonyl (C=O) groups excluding carboxylic acids is 2. The van der Waals surface area contributed by atoms with E-state index in [2.05, 4.69) is 25.2 Å². The summed E-state index contributed by atoms with van der Waals surface area (Å²) in [5.41, 5.74) is -4.71. The van der Waals surface area contributed by atoms with Crippen molar-refractivity contribution in [3.05, 3.63) is 63.0 Å². The van der Waals surface area contributed by atoms with Gasteiger partial charge in [0.1, 0.15) is 18.8 Å². The SMILES string of the molecule is COC(=O)C1=C(CF)NC(CSc2ncn[nH]2)=C(C(=O)OC(C)C)C1c1c(F)ccc(Cl)c1C(F)(F)F. The normalized spacial score (nSPS) is 16.2. The van der Waals surface area contributed by atoms with Crippen molar-refractivity contribution in [3.8, 4) is 0 Å². The Balaban J connectivity index is 2.39. The van der Waals surface area contributed by atoms with Crippen LogP contribution < -0.4 is 5.32 Å². The molecule has 0 amide bonds. The summed E-state index contributed by atoms with van der Waals surface area (Å²) in [7, 11) is 0.909. The molecular formula is C22H20ClF5N4O4S. The summed E-state index contributed by atoms with van der Waals surface area (Å²) in [6.45, 7) is 1.59. The Morgan fingerprint density at radius 2 is 1.86 bits per heavy atom. The van der Waals surface area contributed by atoms with Crippen LogP contribution in [0.3, 0.4) is 0 Å². The van der Waals surface area contributed by atoms with Crippen LogP contribution in [0.1, 0.15) is 30.9 Å². The lowest BCUT2D eigenvalue weighted by Gasteiger charge is -2.33. The maximum Gasteiger partial charge on any atom is 0.418 e. The Labute approximate surface area is 216 Å². The van der Waals surface area contributed by atoms with Gasteiger partial charge in [-0.3, -0.25) is 5.10 Å². The Kier molecular flexibility index (Phi) is 8.84. The lowest BCUT2D eigenvalue weighted by Crippen LogP contribution is -2.37. The number of hydrogen-bond donors (Lipinski definition) is 2. The van der Waals surface area contributed by atoms with Gasteiger partial charge < -0.3 is 14.8 Å². The summed E-state index contributed by atoms with van der Waals surface area (Å²) < 4.78 is 82.0. The van der Waals surface area contributed by atoms with Crippen LogP contribution in [0.2, 0.25) is 5.02 Å². The first-order valence-corrected chi connectivity index (χ1v) is 11.9. The highest BCUT2D eigenvalue weighted by molar-refractivity contribution is 7.99. The molecule has 2 N–H and O–H groups in total. The van der Waals surface area contributed by atoms with E-state index in [9.17, 15) is 27.2 Å². The number of dihydropyridines is 1. The van der Waals surface area contributed by atoms with E-state index in [1.54, 1.807) is 0 Å². The third-order valence-corrected chi connectivity index (χ3v) is 6.31. The number of ether oxygens (including phenoxy) is 2. The highest BCUT2D eigenvalue weighted by Gasteiger charge is 2.47. The van der Waals surface area contributed by atoms with Crippen LogP contribution in [0.15, 0.2) is 46.2 Å². The summed E-state index contributed by atoms with van der Waals surface area (Å²) in [5.74, 6) is -6.15. The summed E-state index contributed by atoms with van der Waals surface area (Å²) in [6.07, 6.45) is -4.76. The molecule has 1 unspecified atom stereocenters. The number of thioether (sulfide) groups is 1. The standard InChI is InChI=1S/C22H20ClF5N4O4S/c1-9(2)36-20(34)16-13(7-37-21-29-8-30-32-21)31-12(6-24)15(19(33)35-3)17(16)14-11(25)5-4-10(23)18(14)22(26,27)28/h4-5,8-9,17,31H,6-7H2,1-3H3,(H,29,30,32). The number of alkyl halides is 4. The molecule has 37 heavy (non-hydrogen) atoms. The van der Waals surface area contributed by atoms with Crippen LogP contribution in [0.4, 0.5) is 22.0 Å². The van der Waals surface area contributed by atoms with Crippen molar-refractivity contribution in [1.29, 1.82) is 0 Å².